The number of rotatable bonds is 4. The van der Waals surface area contributed by atoms with Crippen LogP contribution in [0.1, 0.15) is 52.4 Å². The van der Waals surface area contributed by atoms with Crippen LogP contribution in [0.3, 0.4) is 0 Å². The number of ether oxygens (including phenoxy) is 2. The fourth-order valence-electron chi connectivity index (χ4n) is 5.27. The standard InChI is InChI=1S/C28H37N3O4/c1-4-20-14-19(2)10-6-5-9-13-29-27(33)24-16-21(18-31(24)26(32)15-20)35-28-23-12-8-7-11-22(23)25(34-3)17-30-28/h5,7-9,11-12,17,19-21,24H,4,6,10,13-16,18H2,1-3H3,(H,29,33)/b9-5-/t19-,20-,21-,24+/m1/s1. The normalized spacial score (nSPS) is 27.1. The van der Waals surface area contributed by atoms with Crippen molar-refractivity contribution in [1.29, 1.82) is 0 Å². The van der Waals surface area contributed by atoms with Gasteiger partial charge in [-0.15, -0.1) is 0 Å². The summed E-state index contributed by atoms with van der Waals surface area (Å²) in [6, 6.07) is 7.26. The Balaban J connectivity index is 1.56. The van der Waals surface area contributed by atoms with E-state index in [4.69, 9.17) is 9.47 Å². The maximum atomic E-state index is 13.4. The van der Waals surface area contributed by atoms with Crippen molar-refractivity contribution in [3.05, 3.63) is 42.6 Å². The molecule has 2 aliphatic rings. The van der Waals surface area contributed by atoms with E-state index in [0.29, 0.717) is 49.4 Å². The zero-order valence-electron chi connectivity index (χ0n) is 21.0. The number of allylic oxidation sites excluding steroid dienone is 1. The predicted octanol–water partition coefficient (Wildman–Crippen LogP) is 4.50. The van der Waals surface area contributed by atoms with E-state index in [9.17, 15) is 9.59 Å². The highest BCUT2D eigenvalue weighted by molar-refractivity contribution is 5.92. The molecular formula is C28H37N3O4. The third-order valence-corrected chi connectivity index (χ3v) is 7.27. The molecule has 4 rings (SSSR count). The van der Waals surface area contributed by atoms with Crippen LogP contribution in [0, 0.1) is 11.8 Å². The van der Waals surface area contributed by atoms with Crippen LogP contribution in [0.25, 0.3) is 10.8 Å². The van der Waals surface area contributed by atoms with Crippen molar-refractivity contribution in [3.63, 3.8) is 0 Å². The van der Waals surface area contributed by atoms with Crippen molar-refractivity contribution < 1.29 is 19.1 Å². The number of hydrogen-bond acceptors (Lipinski definition) is 5. The van der Waals surface area contributed by atoms with Crippen LogP contribution in [0.15, 0.2) is 42.6 Å². The lowest BCUT2D eigenvalue weighted by molar-refractivity contribution is -0.139. The van der Waals surface area contributed by atoms with Gasteiger partial charge in [0.15, 0.2) is 0 Å². The molecule has 188 valence electrons. The summed E-state index contributed by atoms with van der Waals surface area (Å²) >= 11 is 0. The Hall–Kier alpha value is -3.09. The van der Waals surface area contributed by atoms with Crippen molar-refractivity contribution in [1.82, 2.24) is 15.2 Å². The first-order chi connectivity index (χ1) is 17.0. The van der Waals surface area contributed by atoms with Crippen LogP contribution >= 0.6 is 0 Å². The summed E-state index contributed by atoms with van der Waals surface area (Å²) in [7, 11) is 1.62. The minimum Gasteiger partial charge on any atom is -0.494 e. The molecule has 2 aromatic rings. The van der Waals surface area contributed by atoms with Crippen LogP contribution in [0.2, 0.25) is 0 Å². The number of nitrogens with one attached hydrogen (secondary N) is 1. The van der Waals surface area contributed by atoms with Gasteiger partial charge in [0, 0.05) is 30.2 Å². The van der Waals surface area contributed by atoms with Gasteiger partial charge in [-0.05, 0) is 37.2 Å². The van der Waals surface area contributed by atoms with E-state index in [1.165, 1.54) is 0 Å². The minimum atomic E-state index is -0.539. The number of hydrogen-bond donors (Lipinski definition) is 1. The third kappa shape index (κ3) is 5.95. The molecule has 35 heavy (non-hydrogen) atoms. The van der Waals surface area contributed by atoms with Crippen LogP contribution < -0.4 is 14.8 Å². The largest absolute Gasteiger partial charge is 0.494 e. The second-order valence-electron chi connectivity index (χ2n) is 9.83. The molecule has 0 spiro atoms. The number of carbonyl (C=O) groups excluding carboxylic acids is 2. The first-order valence-corrected chi connectivity index (χ1v) is 12.8. The first-order valence-electron chi connectivity index (χ1n) is 12.8. The summed E-state index contributed by atoms with van der Waals surface area (Å²) in [5.74, 6) is 1.97. The van der Waals surface area contributed by atoms with E-state index in [0.717, 1.165) is 36.5 Å². The average molecular weight is 480 g/mol. The van der Waals surface area contributed by atoms with E-state index in [1.807, 2.05) is 30.3 Å². The lowest BCUT2D eigenvalue weighted by Crippen LogP contribution is -2.46. The van der Waals surface area contributed by atoms with Crippen LogP contribution in [0.4, 0.5) is 0 Å². The second kappa shape index (κ2) is 11.6. The lowest BCUT2D eigenvalue weighted by atomic mass is 9.88. The van der Waals surface area contributed by atoms with Gasteiger partial charge in [-0.2, -0.15) is 0 Å². The predicted molar refractivity (Wildman–Crippen MR) is 136 cm³/mol. The number of nitrogens with zero attached hydrogens (tertiary/aromatic N) is 2. The SMILES string of the molecule is CC[C@H]1CC(=O)N2C[C@H](Oc3ncc(OC)c4ccccc34)C[C@H]2C(=O)NC/C=C\CC[C@@H](C)C1. The number of fused-ring (bicyclic) bond motifs is 2. The van der Waals surface area contributed by atoms with E-state index in [1.54, 1.807) is 18.2 Å². The van der Waals surface area contributed by atoms with Crippen molar-refractivity contribution in [3.8, 4) is 11.6 Å². The highest BCUT2D eigenvalue weighted by Crippen LogP contribution is 2.33. The Bertz CT molecular complexity index is 1070. The van der Waals surface area contributed by atoms with Crippen molar-refractivity contribution in [2.75, 3.05) is 20.2 Å². The Morgan fingerprint density at radius 1 is 1.14 bits per heavy atom. The second-order valence-corrected chi connectivity index (χ2v) is 9.83. The molecule has 0 bridgehead atoms. The van der Waals surface area contributed by atoms with E-state index in [2.05, 4.69) is 30.2 Å². The van der Waals surface area contributed by atoms with Gasteiger partial charge in [0.2, 0.25) is 17.7 Å². The molecule has 2 aliphatic heterocycles. The Morgan fingerprint density at radius 2 is 1.94 bits per heavy atom. The van der Waals surface area contributed by atoms with Gasteiger partial charge in [-0.1, -0.05) is 50.6 Å². The zero-order valence-corrected chi connectivity index (χ0v) is 21.0. The number of methoxy groups -OCH3 is 1. The minimum absolute atomic E-state index is 0.0375. The van der Waals surface area contributed by atoms with Crippen LogP contribution in [-0.4, -0.2) is 54.0 Å². The molecule has 2 amide bonds. The highest BCUT2D eigenvalue weighted by atomic mass is 16.5. The molecule has 1 saturated heterocycles. The average Bonchev–Trinajstić information content (AvgIpc) is 3.29. The summed E-state index contributed by atoms with van der Waals surface area (Å²) in [5.41, 5.74) is 0. The van der Waals surface area contributed by atoms with Crippen LogP contribution in [0.5, 0.6) is 11.6 Å². The molecule has 0 saturated carbocycles. The summed E-state index contributed by atoms with van der Waals surface area (Å²) in [6.45, 7) is 5.26. The fraction of sp³-hybridized carbons (Fsp3) is 0.536. The Labute approximate surface area is 207 Å². The number of pyridine rings is 1. The number of aromatic nitrogens is 1. The van der Waals surface area contributed by atoms with Crippen molar-refractivity contribution >= 4 is 22.6 Å². The Kier molecular flexibility index (Phi) is 8.26. The summed E-state index contributed by atoms with van der Waals surface area (Å²) in [4.78, 5) is 32.7. The molecule has 7 nitrogen and oxygen atoms in total. The van der Waals surface area contributed by atoms with Gasteiger partial charge in [-0.25, -0.2) is 4.98 Å². The molecule has 3 heterocycles. The molecule has 0 radical (unpaired) electrons. The van der Waals surface area contributed by atoms with Gasteiger partial charge in [-0.3, -0.25) is 9.59 Å². The fourth-order valence-corrected chi connectivity index (χ4v) is 5.27. The van der Waals surface area contributed by atoms with Gasteiger partial charge < -0.3 is 19.7 Å². The zero-order chi connectivity index (χ0) is 24.8. The number of benzene rings is 1. The van der Waals surface area contributed by atoms with E-state index in [-0.39, 0.29) is 17.9 Å². The van der Waals surface area contributed by atoms with Gasteiger partial charge in [0.05, 0.1) is 19.9 Å². The molecular weight excluding hydrogens is 442 g/mol. The highest BCUT2D eigenvalue weighted by Gasteiger charge is 2.41. The molecule has 0 aliphatic carbocycles. The quantitative estimate of drug-likeness (QED) is 0.653. The van der Waals surface area contributed by atoms with Crippen molar-refractivity contribution in [2.24, 2.45) is 11.8 Å². The van der Waals surface area contributed by atoms with E-state index >= 15 is 0 Å². The molecule has 1 fully saturated rings. The topological polar surface area (TPSA) is 80.8 Å². The van der Waals surface area contributed by atoms with Gasteiger partial charge >= 0.3 is 0 Å². The van der Waals surface area contributed by atoms with Crippen LogP contribution in [-0.2, 0) is 9.59 Å². The summed E-state index contributed by atoms with van der Waals surface area (Å²) in [6.07, 6.45) is 10.5. The molecule has 7 heteroatoms. The number of amides is 2. The molecule has 0 unspecified atom stereocenters. The summed E-state index contributed by atoms with van der Waals surface area (Å²) < 4.78 is 11.8. The smallest absolute Gasteiger partial charge is 0.243 e. The molecule has 1 aromatic carbocycles. The monoisotopic (exact) mass is 479 g/mol. The van der Waals surface area contributed by atoms with Gasteiger partial charge in [0.25, 0.3) is 0 Å². The van der Waals surface area contributed by atoms with E-state index < -0.39 is 6.04 Å². The lowest BCUT2D eigenvalue weighted by Gasteiger charge is -2.27. The maximum Gasteiger partial charge on any atom is 0.243 e. The number of carbonyl (C=O) groups is 2. The maximum absolute atomic E-state index is 13.4. The third-order valence-electron chi connectivity index (χ3n) is 7.27. The van der Waals surface area contributed by atoms with Crippen molar-refractivity contribution in [2.45, 2.75) is 64.5 Å². The van der Waals surface area contributed by atoms with Gasteiger partial charge in [0.1, 0.15) is 17.9 Å². The molecule has 4 atom stereocenters. The first kappa shape index (κ1) is 25.0. The Morgan fingerprint density at radius 3 is 2.71 bits per heavy atom. The summed E-state index contributed by atoms with van der Waals surface area (Å²) in [5, 5.41) is 4.75. The molecule has 1 N–H and O–H groups in total. The molecule has 1 aromatic heterocycles.